The van der Waals surface area contributed by atoms with Crippen molar-refractivity contribution in [1.29, 1.82) is 0 Å². The normalized spacial score (nSPS) is 15.1. The lowest BCUT2D eigenvalue weighted by atomic mass is 10.0. The minimum Gasteiger partial charge on any atom is -0.357 e. The largest absolute Gasteiger partial charge is 0.357 e. The fourth-order valence-electron chi connectivity index (χ4n) is 4.49. The van der Waals surface area contributed by atoms with Crippen LogP contribution in [0, 0.1) is 0 Å². The SMILES string of the molecule is C1CCCCC1.CNc1ncc2c(n1)CC=C2c1ccn2ncc(-c3cnn(C)c3)c2c1.[HH]. The molecule has 4 aromatic heterocycles. The molecular formula is C25H31N7. The maximum absolute atomic E-state index is 4.56. The molecule has 2 aliphatic rings. The average Bonchev–Trinajstić information content (AvgIpc) is 3.57. The molecule has 1 saturated carbocycles. The van der Waals surface area contributed by atoms with Gasteiger partial charge in [0.25, 0.3) is 0 Å². The van der Waals surface area contributed by atoms with Crippen LogP contribution in [-0.2, 0) is 13.5 Å². The molecule has 1 fully saturated rings. The van der Waals surface area contributed by atoms with Crippen molar-refractivity contribution in [3.8, 4) is 11.1 Å². The predicted octanol–water partition coefficient (Wildman–Crippen LogP) is 5.14. The second-order valence-corrected chi connectivity index (χ2v) is 8.45. The number of nitrogens with one attached hydrogen (secondary N) is 1. The molecule has 4 aromatic rings. The Hall–Kier alpha value is -3.48. The minimum absolute atomic E-state index is 0. The lowest BCUT2D eigenvalue weighted by molar-refractivity contribution is 0.504. The molecule has 0 radical (unpaired) electrons. The Bertz CT molecular complexity index is 1260. The van der Waals surface area contributed by atoms with E-state index in [-0.39, 0.29) is 1.43 Å². The van der Waals surface area contributed by atoms with Gasteiger partial charge in [0.1, 0.15) is 0 Å². The summed E-state index contributed by atoms with van der Waals surface area (Å²) in [6, 6.07) is 4.25. The first-order valence-electron chi connectivity index (χ1n) is 11.4. The van der Waals surface area contributed by atoms with Gasteiger partial charge in [0.15, 0.2) is 0 Å². The molecular weight excluding hydrogens is 398 g/mol. The van der Waals surface area contributed by atoms with Crippen LogP contribution in [0.5, 0.6) is 0 Å². The first-order chi connectivity index (χ1) is 15.7. The summed E-state index contributed by atoms with van der Waals surface area (Å²) in [5.74, 6) is 0.656. The molecule has 6 rings (SSSR count). The molecule has 0 bridgehead atoms. The Balaban J connectivity index is 0.000000325. The van der Waals surface area contributed by atoms with Crippen LogP contribution in [0.25, 0.3) is 22.2 Å². The van der Waals surface area contributed by atoms with Gasteiger partial charge in [0, 0.05) is 57.2 Å². The van der Waals surface area contributed by atoms with Crippen LogP contribution >= 0.6 is 0 Å². The maximum Gasteiger partial charge on any atom is 0.222 e. The molecule has 0 unspecified atom stereocenters. The van der Waals surface area contributed by atoms with Gasteiger partial charge in [-0.25, -0.2) is 14.5 Å². The molecule has 0 atom stereocenters. The monoisotopic (exact) mass is 429 g/mol. The van der Waals surface area contributed by atoms with Gasteiger partial charge >= 0.3 is 0 Å². The van der Waals surface area contributed by atoms with Crippen LogP contribution in [-0.4, -0.2) is 36.4 Å². The van der Waals surface area contributed by atoms with E-state index in [0.29, 0.717) is 5.95 Å². The highest BCUT2D eigenvalue weighted by atomic mass is 15.2. The summed E-state index contributed by atoms with van der Waals surface area (Å²) < 4.78 is 3.69. The summed E-state index contributed by atoms with van der Waals surface area (Å²) in [6.07, 6.45) is 21.7. The highest BCUT2D eigenvalue weighted by Gasteiger charge is 2.19. The van der Waals surface area contributed by atoms with Gasteiger partial charge in [-0.1, -0.05) is 44.6 Å². The van der Waals surface area contributed by atoms with Crippen molar-refractivity contribution in [2.24, 2.45) is 7.05 Å². The van der Waals surface area contributed by atoms with Crippen molar-refractivity contribution >= 4 is 17.0 Å². The van der Waals surface area contributed by atoms with Crippen LogP contribution in [0.1, 0.15) is 56.8 Å². The van der Waals surface area contributed by atoms with Crippen molar-refractivity contribution in [1.82, 2.24) is 29.4 Å². The molecule has 0 aromatic carbocycles. The van der Waals surface area contributed by atoms with Crippen LogP contribution in [0.3, 0.4) is 0 Å². The van der Waals surface area contributed by atoms with E-state index in [1.165, 1.54) is 44.1 Å². The quantitative estimate of drug-likeness (QED) is 0.488. The van der Waals surface area contributed by atoms with Crippen LogP contribution in [0.4, 0.5) is 5.95 Å². The summed E-state index contributed by atoms with van der Waals surface area (Å²) in [5.41, 5.74) is 7.64. The maximum atomic E-state index is 4.56. The molecule has 2 aliphatic carbocycles. The molecule has 0 aliphatic heterocycles. The average molecular weight is 430 g/mol. The molecule has 0 spiro atoms. The highest BCUT2D eigenvalue weighted by Crippen LogP contribution is 2.33. The number of aryl methyl sites for hydroxylation is 1. The van der Waals surface area contributed by atoms with E-state index in [1.807, 2.05) is 49.6 Å². The minimum atomic E-state index is 0. The Kier molecular flexibility index (Phi) is 5.71. The van der Waals surface area contributed by atoms with E-state index in [4.69, 9.17) is 0 Å². The first kappa shape index (κ1) is 20.4. The third-order valence-electron chi connectivity index (χ3n) is 6.23. The van der Waals surface area contributed by atoms with Gasteiger partial charge < -0.3 is 5.32 Å². The van der Waals surface area contributed by atoms with Crippen molar-refractivity contribution in [3.05, 3.63) is 66.0 Å². The Morgan fingerprint density at radius 1 is 0.938 bits per heavy atom. The van der Waals surface area contributed by atoms with Gasteiger partial charge in [-0.15, -0.1) is 0 Å². The van der Waals surface area contributed by atoms with Gasteiger partial charge in [-0.05, 0) is 23.3 Å². The van der Waals surface area contributed by atoms with Crippen LogP contribution < -0.4 is 5.32 Å². The number of aromatic nitrogens is 6. The van der Waals surface area contributed by atoms with Gasteiger partial charge in [0.05, 0.1) is 23.6 Å². The number of allylic oxidation sites excluding steroid dienone is 1. The van der Waals surface area contributed by atoms with Crippen molar-refractivity contribution in [2.45, 2.75) is 44.9 Å². The zero-order valence-electron chi connectivity index (χ0n) is 18.8. The summed E-state index contributed by atoms with van der Waals surface area (Å²) in [4.78, 5) is 8.94. The Morgan fingerprint density at radius 2 is 1.72 bits per heavy atom. The number of hydrogen-bond acceptors (Lipinski definition) is 5. The van der Waals surface area contributed by atoms with Crippen LogP contribution in [0.2, 0.25) is 0 Å². The fourth-order valence-corrected chi connectivity index (χ4v) is 4.49. The second-order valence-electron chi connectivity index (χ2n) is 8.45. The fraction of sp³-hybridized carbons (Fsp3) is 0.360. The zero-order valence-corrected chi connectivity index (χ0v) is 18.8. The van der Waals surface area contributed by atoms with Crippen molar-refractivity contribution < 1.29 is 1.43 Å². The topological polar surface area (TPSA) is 72.9 Å². The number of hydrogen-bond donors (Lipinski definition) is 1. The van der Waals surface area contributed by atoms with E-state index in [9.17, 15) is 0 Å². The molecule has 1 N–H and O–H groups in total. The van der Waals surface area contributed by atoms with E-state index >= 15 is 0 Å². The Morgan fingerprint density at radius 3 is 2.41 bits per heavy atom. The molecule has 7 nitrogen and oxygen atoms in total. The molecule has 0 saturated heterocycles. The van der Waals surface area contributed by atoms with Crippen LogP contribution in [0.15, 0.2) is 49.2 Å². The van der Waals surface area contributed by atoms with Gasteiger partial charge in [0.2, 0.25) is 5.95 Å². The third-order valence-corrected chi connectivity index (χ3v) is 6.23. The van der Waals surface area contributed by atoms with E-state index in [0.717, 1.165) is 39.9 Å². The lowest BCUT2D eigenvalue weighted by Gasteiger charge is -2.08. The first-order valence-corrected chi connectivity index (χ1v) is 11.4. The molecule has 166 valence electrons. The number of nitrogens with zero attached hydrogens (tertiary/aromatic N) is 6. The number of pyridine rings is 1. The summed E-state index contributed by atoms with van der Waals surface area (Å²) in [7, 11) is 3.75. The summed E-state index contributed by atoms with van der Waals surface area (Å²) in [6.45, 7) is 0. The van der Waals surface area contributed by atoms with E-state index in [2.05, 4.69) is 43.7 Å². The number of rotatable bonds is 3. The predicted molar refractivity (Wildman–Crippen MR) is 130 cm³/mol. The lowest BCUT2D eigenvalue weighted by Crippen LogP contribution is -2.00. The van der Waals surface area contributed by atoms with Gasteiger partial charge in [-0.3, -0.25) is 4.68 Å². The summed E-state index contributed by atoms with van der Waals surface area (Å²) in [5, 5.41) is 11.7. The molecule has 4 heterocycles. The molecule has 7 heteroatoms. The molecule has 0 amide bonds. The zero-order chi connectivity index (χ0) is 21.9. The van der Waals surface area contributed by atoms with Gasteiger partial charge in [-0.2, -0.15) is 10.2 Å². The standard InChI is InChI=1S/C19H17N7.C6H12.H2/c1-20-19-21-9-16-14(3-4-17(16)24-19)12-5-6-26-18(7-12)15(10-23-26)13-8-22-25(2)11-13;1-2-4-6-5-3-1;/h3,5-11H,4H2,1-2H3,(H,20,21,24);1-6H2;1H. The van der Waals surface area contributed by atoms with E-state index < -0.39 is 0 Å². The molecule has 32 heavy (non-hydrogen) atoms. The number of anilines is 1. The second kappa shape index (κ2) is 8.94. The smallest absolute Gasteiger partial charge is 0.222 e. The third kappa shape index (κ3) is 4.02. The number of fused-ring (bicyclic) bond motifs is 2. The highest BCUT2D eigenvalue weighted by molar-refractivity contribution is 5.88. The Labute approximate surface area is 189 Å². The summed E-state index contributed by atoms with van der Waals surface area (Å²) >= 11 is 0. The van der Waals surface area contributed by atoms with Crippen molar-refractivity contribution in [3.63, 3.8) is 0 Å². The van der Waals surface area contributed by atoms with E-state index in [1.54, 1.807) is 4.68 Å². The van der Waals surface area contributed by atoms with Crippen molar-refractivity contribution in [2.75, 3.05) is 12.4 Å².